The Bertz CT molecular complexity index is 223. The van der Waals surface area contributed by atoms with E-state index in [4.69, 9.17) is 5.73 Å². The van der Waals surface area contributed by atoms with E-state index in [2.05, 4.69) is 10.6 Å². The summed E-state index contributed by atoms with van der Waals surface area (Å²) in [5.74, 6) is 0.432. The summed E-state index contributed by atoms with van der Waals surface area (Å²) in [6, 6.07) is -0.377. The zero-order chi connectivity index (χ0) is 11.8. The molecule has 6 heteroatoms. The van der Waals surface area contributed by atoms with Crippen molar-refractivity contribution >= 4 is 23.7 Å². The molecule has 88 valence electrons. The summed E-state index contributed by atoms with van der Waals surface area (Å²) in [4.78, 5) is 22.2. The Hall–Kier alpha value is -0.750. The molecule has 0 bridgehead atoms. The van der Waals surface area contributed by atoms with E-state index in [9.17, 15) is 9.59 Å². The van der Waals surface area contributed by atoms with Gasteiger partial charge in [0.15, 0.2) is 0 Å². The largest absolute Gasteiger partial charge is 0.341 e. The smallest absolute Gasteiger partial charge is 0.321 e. The lowest BCUT2D eigenvalue weighted by Crippen LogP contribution is -2.41. The molecule has 2 unspecified atom stereocenters. The summed E-state index contributed by atoms with van der Waals surface area (Å²) >= 11 is 1.45. The first-order valence-electron chi connectivity index (χ1n) is 4.91. The molecule has 3 amide bonds. The number of urea groups is 1. The van der Waals surface area contributed by atoms with Crippen molar-refractivity contribution in [1.82, 2.24) is 10.6 Å². The van der Waals surface area contributed by atoms with Crippen LogP contribution in [0.2, 0.25) is 0 Å². The van der Waals surface area contributed by atoms with Crippen LogP contribution in [-0.4, -0.2) is 36.0 Å². The van der Waals surface area contributed by atoms with Crippen molar-refractivity contribution in [1.29, 1.82) is 0 Å². The summed E-state index contributed by atoms with van der Waals surface area (Å²) in [7, 11) is 1.47. The molecule has 15 heavy (non-hydrogen) atoms. The minimum atomic E-state index is -0.479. The first kappa shape index (κ1) is 14.2. The van der Waals surface area contributed by atoms with Crippen molar-refractivity contribution in [3.8, 4) is 0 Å². The molecule has 0 aromatic rings. The molecule has 0 aromatic heterocycles. The van der Waals surface area contributed by atoms with Crippen LogP contribution in [0.15, 0.2) is 0 Å². The Morgan fingerprint density at radius 3 is 2.53 bits per heavy atom. The molecule has 0 heterocycles. The molecule has 0 fully saturated rings. The fraction of sp³-hybridized carbons (Fsp3) is 0.778. The van der Waals surface area contributed by atoms with Crippen molar-refractivity contribution in [3.05, 3.63) is 0 Å². The number of imide groups is 1. The highest BCUT2D eigenvalue weighted by atomic mass is 32.2. The normalized spacial score (nSPS) is 14.1. The lowest BCUT2D eigenvalue weighted by atomic mass is 10.3. The van der Waals surface area contributed by atoms with Gasteiger partial charge in [-0.05, 0) is 13.3 Å². The van der Waals surface area contributed by atoms with Crippen LogP contribution in [0.5, 0.6) is 0 Å². The van der Waals surface area contributed by atoms with E-state index >= 15 is 0 Å². The monoisotopic (exact) mass is 233 g/mol. The number of hydrogen-bond donors (Lipinski definition) is 3. The highest BCUT2D eigenvalue weighted by molar-refractivity contribution is 8.00. The third-order valence-electron chi connectivity index (χ3n) is 1.92. The highest BCUT2D eigenvalue weighted by Crippen LogP contribution is 2.12. The topological polar surface area (TPSA) is 84.2 Å². The minimum Gasteiger partial charge on any atom is -0.341 e. The average molecular weight is 233 g/mol. The second kappa shape index (κ2) is 7.53. The molecule has 5 nitrogen and oxygen atoms in total. The van der Waals surface area contributed by atoms with E-state index in [0.29, 0.717) is 0 Å². The van der Waals surface area contributed by atoms with Gasteiger partial charge in [0.05, 0.1) is 5.25 Å². The van der Waals surface area contributed by atoms with Crippen molar-refractivity contribution < 1.29 is 9.59 Å². The first-order chi connectivity index (χ1) is 7.01. The van der Waals surface area contributed by atoms with Gasteiger partial charge in [-0.25, -0.2) is 4.79 Å². The fourth-order valence-corrected chi connectivity index (χ4v) is 1.72. The predicted octanol–water partition coefficient (Wildman–Crippen LogP) is 0.301. The standard InChI is InChI=1S/C9H19N3O2S/c1-4-7(10)5-15-6(2)8(13)12-9(14)11-3/h6-7H,4-5,10H2,1-3H3,(H2,11,12,13,14). The van der Waals surface area contributed by atoms with Crippen molar-refractivity contribution in [2.75, 3.05) is 12.8 Å². The number of carbonyl (C=O) groups excluding carboxylic acids is 2. The zero-order valence-corrected chi connectivity index (χ0v) is 10.2. The summed E-state index contributed by atoms with van der Waals surface area (Å²) < 4.78 is 0. The SMILES string of the molecule is CCC(N)CSC(C)C(=O)NC(=O)NC. The van der Waals surface area contributed by atoms with E-state index in [1.165, 1.54) is 18.8 Å². The Balaban J connectivity index is 3.84. The van der Waals surface area contributed by atoms with Crippen LogP contribution >= 0.6 is 11.8 Å². The lowest BCUT2D eigenvalue weighted by Gasteiger charge is -2.13. The number of rotatable bonds is 5. The molecule has 4 N–H and O–H groups in total. The first-order valence-corrected chi connectivity index (χ1v) is 5.95. The van der Waals surface area contributed by atoms with Crippen LogP contribution in [0, 0.1) is 0 Å². The molecular weight excluding hydrogens is 214 g/mol. The fourth-order valence-electron chi connectivity index (χ4n) is 0.738. The van der Waals surface area contributed by atoms with Gasteiger partial charge in [0.1, 0.15) is 0 Å². The molecule has 0 radical (unpaired) electrons. The molecule has 0 saturated heterocycles. The summed E-state index contributed by atoms with van der Waals surface area (Å²) in [5.41, 5.74) is 5.72. The average Bonchev–Trinajstić information content (AvgIpc) is 2.24. The van der Waals surface area contributed by atoms with Crippen LogP contribution in [-0.2, 0) is 4.79 Å². The quantitative estimate of drug-likeness (QED) is 0.637. The van der Waals surface area contributed by atoms with Gasteiger partial charge in [-0.1, -0.05) is 6.92 Å². The maximum absolute atomic E-state index is 11.4. The Kier molecular flexibility index (Phi) is 7.15. The molecule has 0 saturated carbocycles. The van der Waals surface area contributed by atoms with Gasteiger partial charge < -0.3 is 11.1 Å². The maximum Gasteiger partial charge on any atom is 0.321 e. The minimum absolute atomic E-state index is 0.102. The zero-order valence-electron chi connectivity index (χ0n) is 9.37. The molecule has 0 aliphatic heterocycles. The second-order valence-electron chi connectivity index (χ2n) is 3.21. The van der Waals surface area contributed by atoms with Gasteiger partial charge in [-0.3, -0.25) is 10.1 Å². The molecule has 2 atom stereocenters. The van der Waals surface area contributed by atoms with Crippen LogP contribution < -0.4 is 16.4 Å². The Labute approximate surface area is 94.5 Å². The van der Waals surface area contributed by atoms with Crippen LogP contribution in [0.25, 0.3) is 0 Å². The predicted molar refractivity (Wildman–Crippen MR) is 62.8 cm³/mol. The van der Waals surface area contributed by atoms with E-state index in [1.54, 1.807) is 6.92 Å². The molecular formula is C9H19N3O2S. The maximum atomic E-state index is 11.4. The van der Waals surface area contributed by atoms with Gasteiger partial charge in [0.25, 0.3) is 0 Å². The van der Waals surface area contributed by atoms with Gasteiger partial charge in [0, 0.05) is 18.8 Å². The van der Waals surface area contributed by atoms with Gasteiger partial charge in [0.2, 0.25) is 5.91 Å². The summed E-state index contributed by atoms with van der Waals surface area (Å²) in [6.07, 6.45) is 0.886. The summed E-state index contributed by atoms with van der Waals surface area (Å²) in [6.45, 7) is 3.76. The number of thioether (sulfide) groups is 1. The van der Waals surface area contributed by atoms with E-state index in [0.717, 1.165) is 12.2 Å². The Morgan fingerprint density at radius 1 is 1.47 bits per heavy atom. The highest BCUT2D eigenvalue weighted by Gasteiger charge is 2.16. The van der Waals surface area contributed by atoms with Gasteiger partial charge >= 0.3 is 6.03 Å². The van der Waals surface area contributed by atoms with Gasteiger partial charge in [-0.15, -0.1) is 11.8 Å². The van der Waals surface area contributed by atoms with Crippen molar-refractivity contribution in [2.45, 2.75) is 31.6 Å². The van der Waals surface area contributed by atoms with E-state index in [1.807, 2.05) is 6.92 Å². The molecule has 0 spiro atoms. The van der Waals surface area contributed by atoms with E-state index < -0.39 is 6.03 Å². The third-order valence-corrected chi connectivity index (χ3v) is 3.25. The third kappa shape index (κ3) is 6.35. The number of nitrogens with two attached hydrogens (primary N) is 1. The number of amides is 3. The number of carbonyl (C=O) groups is 2. The van der Waals surface area contributed by atoms with Crippen LogP contribution in [0.1, 0.15) is 20.3 Å². The van der Waals surface area contributed by atoms with E-state index in [-0.39, 0.29) is 17.2 Å². The van der Waals surface area contributed by atoms with Gasteiger partial charge in [-0.2, -0.15) is 0 Å². The molecule has 0 aliphatic carbocycles. The summed E-state index contributed by atoms with van der Waals surface area (Å²) in [5, 5.41) is 4.28. The Morgan fingerprint density at radius 2 is 2.07 bits per heavy atom. The van der Waals surface area contributed by atoms with Crippen LogP contribution in [0.3, 0.4) is 0 Å². The lowest BCUT2D eigenvalue weighted by molar-refractivity contribution is -0.119. The second-order valence-corrected chi connectivity index (χ2v) is 4.59. The molecule has 0 rings (SSSR count). The molecule has 0 aromatic carbocycles. The van der Waals surface area contributed by atoms with Crippen LogP contribution in [0.4, 0.5) is 4.79 Å². The number of nitrogens with one attached hydrogen (secondary N) is 2. The van der Waals surface area contributed by atoms with Crippen molar-refractivity contribution in [2.24, 2.45) is 5.73 Å². The number of hydrogen-bond acceptors (Lipinski definition) is 4. The molecule has 0 aliphatic rings. The van der Waals surface area contributed by atoms with Crippen molar-refractivity contribution in [3.63, 3.8) is 0 Å².